The van der Waals surface area contributed by atoms with E-state index in [-0.39, 0.29) is 11.9 Å². The number of nitriles is 1. The van der Waals surface area contributed by atoms with Crippen LogP contribution in [0.2, 0.25) is 0 Å². The van der Waals surface area contributed by atoms with Crippen molar-refractivity contribution in [2.45, 2.75) is 26.1 Å². The fourth-order valence-corrected chi connectivity index (χ4v) is 4.04. The van der Waals surface area contributed by atoms with E-state index in [1.165, 1.54) is 0 Å². The number of nitrogens with zero attached hydrogens (tertiary/aromatic N) is 4. The minimum absolute atomic E-state index is 0.0912. The van der Waals surface area contributed by atoms with Gasteiger partial charge in [0, 0.05) is 30.4 Å². The van der Waals surface area contributed by atoms with Crippen LogP contribution < -0.4 is 10.1 Å². The van der Waals surface area contributed by atoms with Crippen LogP contribution in [0, 0.1) is 11.3 Å². The zero-order valence-electron chi connectivity index (χ0n) is 18.4. The van der Waals surface area contributed by atoms with E-state index in [2.05, 4.69) is 16.4 Å². The van der Waals surface area contributed by atoms with Crippen LogP contribution >= 0.6 is 0 Å². The largest absolute Gasteiger partial charge is 0.456 e. The first kappa shape index (κ1) is 20.7. The van der Waals surface area contributed by atoms with Crippen LogP contribution in [0.4, 0.5) is 5.69 Å². The maximum Gasteiger partial charge on any atom is 0.241 e. The molecule has 1 amide bonds. The molecule has 1 aliphatic heterocycles. The van der Waals surface area contributed by atoms with Gasteiger partial charge in [0.2, 0.25) is 5.91 Å². The third-order valence-electron chi connectivity index (χ3n) is 6.11. The molecule has 5 rings (SSSR count). The highest BCUT2D eigenvalue weighted by Crippen LogP contribution is 2.32. The molecule has 0 saturated carbocycles. The third-order valence-corrected chi connectivity index (χ3v) is 6.11. The quantitative estimate of drug-likeness (QED) is 0.437. The summed E-state index contributed by atoms with van der Waals surface area (Å²) in [5.74, 6) is 1.00. The molecule has 3 aromatic carbocycles. The molecule has 164 valence electrons. The molecule has 4 aromatic rings. The summed E-state index contributed by atoms with van der Waals surface area (Å²) in [6.45, 7) is 3.04. The van der Waals surface area contributed by atoms with Crippen LogP contribution in [0.1, 0.15) is 23.7 Å². The molecule has 7 nitrogen and oxygen atoms in total. The van der Waals surface area contributed by atoms with Gasteiger partial charge in [-0.3, -0.25) is 9.69 Å². The number of likely N-dealkylation sites (N-methyl/N-ethyl adjacent to an activating group) is 1. The Morgan fingerprint density at radius 1 is 1.15 bits per heavy atom. The lowest BCUT2D eigenvalue weighted by Gasteiger charge is -2.25. The van der Waals surface area contributed by atoms with Crippen LogP contribution in [-0.4, -0.2) is 33.4 Å². The molecule has 0 fully saturated rings. The van der Waals surface area contributed by atoms with Crippen molar-refractivity contribution in [3.8, 4) is 17.6 Å². The van der Waals surface area contributed by atoms with Crippen LogP contribution in [0.25, 0.3) is 10.8 Å². The molecule has 7 heteroatoms. The average molecular weight is 438 g/mol. The lowest BCUT2D eigenvalue weighted by atomic mass is 10.1. The second kappa shape index (κ2) is 8.41. The van der Waals surface area contributed by atoms with Crippen molar-refractivity contribution in [3.05, 3.63) is 83.9 Å². The van der Waals surface area contributed by atoms with Crippen LogP contribution in [0.3, 0.4) is 0 Å². The molecule has 0 aliphatic carbocycles. The SMILES string of the molecule is C[C@H]1C(=O)Nc2cccc3ccc(cc23)Oc2cc(ccc2C#N)Cn2cncc2CN1C. The molecule has 1 aromatic heterocycles. The van der Waals surface area contributed by atoms with E-state index < -0.39 is 0 Å². The maximum absolute atomic E-state index is 13.1. The molecule has 1 atom stereocenters. The van der Waals surface area contributed by atoms with E-state index in [9.17, 15) is 10.1 Å². The Labute approximate surface area is 191 Å². The van der Waals surface area contributed by atoms with Gasteiger partial charge in [-0.1, -0.05) is 24.3 Å². The zero-order valence-corrected chi connectivity index (χ0v) is 18.4. The molecule has 33 heavy (non-hydrogen) atoms. The number of benzene rings is 3. The number of carbonyl (C=O) groups excluding carboxylic acids is 1. The number of aromatic nitrogens is 2. The summed E-state index contributed by atoms with van der Waals surface area (Å²) >= 11 is 0. The first-order valence-corrected chi connectivity index (χ1v) is 10.8. The van der Waals surface area contributed by atoms with E-state index in [1.807, 2.05) is 78.2 Å². The number of amides is 1. The monoisotopic (exact) mass is 437 g/mol. The highest BCUT2D eigenvalue weighted by molar-refractivity contribution is 6.04. The van der Waals surface area contributed by atoms with Gasteiger partial charge >= 0.3 is 0 Å². The Hall–Kier alpha value is -4.15. The Morgan fingerprint density at radius 3 is 2.88 bits per heavy atom. The molecule has 1 N–H and O–H groups in total. The van der Waals surface area contributed by atoms with Gasteiger partial charge in [-0.15, -0.1) is 0 Å². The summed E-state index contributed by atoms with van der Waals surface area (Å²) in [7, 11) is 1.93. The molecule has 0 saturated heterocycles. The van der Waals surface area contributed by atoms with Gasteiger partial charge in [0.25, 0.3) is 0 Å². The molecule has 0 unspecified atom stereocenters. The first-order valence-electron chi connectivity index (χ1n) is 10.8. The van der Waals surface area contributed by atoms with Gasteiger partial charge < -0.3 is 14.6 Å². The van der Waals surface area contributed by atoms with Gasteiger partial charge in [0.05, 0.1) is 23.6 Å². The summed E-state index contributed by atoms with van der Waals surface area (Å²) in [6.07, 6.45) is 3.59. The summed E-state index contributed by atoms with van der Waals surface area (Å²) in [5, 5.41) is 14.5. The van der Waals surface area contributed by atoms with Gasteiger partial charge in [0.15, 0.2) is 0 Å². The van der Waals surface area contributed by atoms with E-state index in [0.29, 0.717) is 30.2 Å². The Morgan fingerprint density at radius 2 is 2.03 bits per heavy atom. The highest BCUT2D eigenvalue weighted by atomic mass is 16.5. The number of fused-ring (bicyclic) bond motifs is 4. The fourth-order valence-electron chi connectivity index (χ4n) is 4.04. The molecular formula is C26H23N5O2. The van der Waals surface area contributed by atoms with Crippen molar-refractivity contribution in [1.29, 1.82) is 5.26 Å². The number of nitrogens with one attached hydrogen (secondary N) is 1. The van der Waals surface area contributed by atoms with Crippen molar-refractivity contribution >= 4 is 22.4 Å². The first-order chi connectivity index (χ1) is 16.0. The van der Waals surface area contributed by atoms with Gasteiger partial charge in [0.1, 0.15) is 17.6 Å². The maximum atomic E-state index is 13.1. The smallest absolute Gasteiger partial charge is 0.241 e. The number of ether oxygens (including phenoxy) is 1. The molecule has 2 heterocycles. The number of carbonyl (C=O) groups is 1. The van der Waals surface area contributed by atoms with Crippen LogP contribution in [-0.2, 0) is 17.9 Å². The minimum Gasteiger partial charge on any atom is -0.456 e. The number of imidazole rings is 1. The van der Waals surface area contributed by atoms with E-state index in [0.717, 1.165) is 27.7 Å². The molecular weight excluding hydrogens is 414 g/mol. The number of anilines is 1. The lowest BCUT2D eigenvalue weighted by Crippen LogP contribution is -2.39. The fraction of sp³-hybridized carbons (Fsp3) is 0.192. The minimum atomic E-state index is -0.350. The normalized spacial score (nSPS) is 16.6. The van der Waals surface area contributed by atoms with E-state index in [1.54, 1.807) is 12.4 Å². The molecule has 0 spiro atoms. The number of rotatable bonds is 0. The molecule has 4 bridgehead atoms. The van der Waals surface area contributed by atoms with Crippen molar-refractivity contribution in [2.75, 3.05) is 12.4 Å². The van der Waals surface area contributed by atoms with Gasteiger partial charge in [-0.25, -0.2) is 4.98 Å². The van der Waals surface area contributed by atoms with Crippen LogP contribution in [0.15, 0.2) is 67.1 Å². The summed E-state index contributed by atoms with van der Waals surface area (Å²) in [5.41, 5.74) is 3.16. The van der Waals surface area contributed by atoms with E-state index >= 15 is 0 Å². The predicted molar refractivity (Wildman–Crippen MR) is 126 cm³/mol. The number of hydrogen-bond donors (Lipinski definition) is 1. The number of hydrogen-bond acceptors (Lipinski definition) is 5. The Kier molecular flexibility index (Phi) is 5.29. The van der Waals surface area contributed by atoms with Crippen LogP contribution in [0.5, 0.6) is 11.5 Å². The van der Waals surface area contributed by atoms with Crippen molar-refractivity contribution in [2.24, 2.45) is 0 Å². The van der Waals surface area contributed by atoms with Gasteiger partial charge in [-0.2, -0.15) is 5.26 Å². The summed E-state index contributed by atoms with van der Waals surface area (Å²) in [6, 6.07) is 19.0. The Balaban J connectivity index is 1.65. The van der Waals surface area contributed by atoms with Crippen molar-refractivity contribution < 1.29 is 9.53 Å². The van der Waals surface area contributed by atoms with Crippen molar-refractivity contribution in [1.82, 2.24) is 14.5 Å². The average Bonchev–Trinajstić information content (AvgIpc) is 3.24. The standard InChI is InChI=1S/C26H23N5O2/c1-17-26(32)29-24-5-3-4-19-8-9-22(11-23(19)24)33-25-10-18(6-7-20(25)12-27)14-31-16-28-13-21(31)15-30(17)2/h3-11,13,16-17H,14-15H2,1-2H3,(H,29,32)/t17-/m0/s1. The van der Waals surface area contributed by atoms with Crippen molar-refractivity contribution in [3.63, 3.8) is 0 Å². The zero-order chi connectivity index (χ0) is 22.9. The summed E-state index contributed by atoms with van der Waals surface area (Å²) < 4.78 is 8.21. The molecule has 1 aliphatic rings. The van der Waals surface area contributed by atoms with E-state index in [4.69, 9.17) is 4.74 Å². The third kappa shape index (κ3) is 4.04. The van der Waals surface area contributed by atoms with Gasteiger partial charge in [-0.05, 0) is 55.3 Å². The molecule has 0 radical (unpaired) electrons. The second-order valence-electron chi connectivity index (χ2n) is 8.33. The second-order valence-corrected chi connectivity index (χ2v) is 8.33. The highest BCUT2D eigenvalue weighted by Gasteiger charge is 2.21. The summed E-state index contributed by atoms with van der Waals surface area (Å²) in [4.78, 5) is 19.4. The predicted octanol–water partition coefficient (Wildman–Crippen LogP) is 4.52. The topological polar surface area (TPSA) is 83.2 Å². The Bertz CT molecular complexity index is 1400. The lowest BCUT2D eigenvalue weighted by molar-refractivity contribution is -0.120.